The summed E-state index contributed by atoms with van der Waals surface area (Å²) in [5.74, 6) is 0.750. The Kier molecular flexibility index (Phi) is 32.5. The Hall–Kier alpha value is -0.760. The van der Waals surface area contributed by atoms with Crippen LogP contribution in [0.25, 0.3) is 0 Å². The van der Waals surface area contributed by atoms with Crippen LogP contribution in [0.1, 0.15) is 27.7 Å². The Morgan fingerprint density at radius 3 is 1.83 bits per heavy atom. The first-order valence-electron chi connectivity index (χ1n) is 4.40. The van der Waals surface area contributed by atoms with Gasteiger partial charge in [0.05, 0.1) is 13.7 Å². The summed E-state index contributed by atoms with van der Waals surface area (Å²) in [6, 6.07) is 0. The predicted molar refractivity (Wildman–Crippen MR) is 57.0 cm³/mol. The highest BCUT2D eigenvalue weighted by atomic mass is 16.5. The fourth-order valence-corrected chi connectivity index (χ4v) is 0.351. The van der Waals surface area contributed by atoms with Crippen molar-refractivity contribution >= 4 is 0 Å². The van der Waals surface area contributed by atoms with E-state index in [4.69, 9.17) is 10.5 Å². The smallest absolute Gasteiger partial charge is 0.109 e. The maximum atomic E-state index is 5.23. The summed E-state index contributed by atoms with van der Waals surface area (Å²) in [5.41, 5.74) is 5.23. The van der Waals surface area contributed by atoms with Crippen LogP contribution < -0.4 is 5.73 Å². The molecule has 0 saturated heterocycles. The molecular weight excluding hydrogens is 150 g/mol. The van der Waals surface area contributed by atoms with E-state index < -0.39 is 0 Å². The van der Waals surface area contributed by atoms with Crippen LogP contribution in [0.5, 0.6) is 0 Å². The normalized spacial score (nSPS) is 8.33. The molecule has 0 aromatic rings. The third-order valence-corrected chi connectivity index (χ3v) is 0.767. The summed E-state index contributed by atoms with van der Waals surface area (Å²) in [4.78, 5) is 0. The fraction of sp³-hybridized carbons (Fsp3) is 0.600. The van der Waals surface area contributed by atoms with Crippen molar-refractivity contribution in [2.75, 3.05) is 13.7 Å². The standard InChI is InChI=1S/C6H11NO.2C2H6/c1-3-4-6(5-7)8-2;2*1-2/h3-4H,1,5,7H2,2H3;2*1-2H3/b6-4-;;. The van der Waals surface area contributed by atoms with Crippen molar-refractivity contribution < 1.29 is 4.74 Å². The lowest BCUT2D eigenvalue weighted by Gasteiger charge is -1.98. The van der Waals surface area contributed by atoms with Gasteiger partial charge in [-0.15, -0.1) is 0 Å². The minimum atomic E-state index is 0.433. The molecule has 2 heteroatoms. The summed E-state index contributed by atoms with van der Waals surface area (Å²) >= 11 is 0. The third-order valence-electron chi connectivity index (χ3n) is 0.767. The molecule has 0 aromatic heterocycles. The number of hydrogen-bond acceptors (Lipinski definition) is 2. The van der Waals surface area contributed by atoms with Crippen molar-refractivity contribution in [1.82, 2.24) is 0 Å². The molecule has 2 nitrogen and oxygen atoms in total. The van der Waals surface area contributed by atoms with Crippen molar-refractivity contribution in [3.63, 3.8) is 0 Å². The minimum absolute atomic E-state index is 0.433. The van der Waals surface area contributed by atoms with Gasteiger partial charge in [0.2, 0.25) is 0 Å². The number of nitrogens with two attached hydrogens (primary N) is 1. The second kappa shape index (κ2) is 22.5. The molecule has 0 rings (SSSR count). The van der Waals surface area contributed by atoms with E-state index in [1.165, 1.54) is 0 Å². The number of methoxy groups -OCH3 is 1. The number of hydrogen-bond donors (Lipinski definition) is 1. The van der Waals surface area contributed by atoms with Gasteiger partial charge in [-0.25, -0.2) is 0 Å². The molecule has 2 N–H and O–H groups in total. The van der Waals surface area contributed by atoms with Gasteiger partial charge in [0, 0.05) is 0 Å². The van der Waals surface area contributed by atoms with Crippen molar-refractivity contribution in [1.29, 1.82) is 0 Å². The van der Waals surface area contributed by atoms with Crippen molar-refractivity contribution in [3.8, 4) is 0 Å². The van der Waals surface area contributed by atoms with E-state index in [1.807, 2.05) is 27.7 Å². The highest BCUT2D eigenvalue weighted by molar-refractivity contribution is 5.04. The van der Waals surface area contributed by atoms with E-state index in [2.05, 4.69) is 6.58 Å². The minimum Gasteiger partial charge on any atom is -0.500 e. The third kappa shape index (κ3) is 16.1. The first-order chi connectivity index (χ1) is 5.85. The van der Waals surface area contributed by atoms with Crippen LogP contribution in [0.4, 0.5) is 0 Å². The Balaban J connectivity index is -0.000000175. The van der Waals surface area contributed by atoms with Crippen LogP contribution in [0.2, 0.25) is 0 Å². The van der Waals surface area contributed by atoms with Crippen molar-refractivity contribution in [2.45, 2.75) is 27.7 Å². The highest BCUT2D eigenvalue weighted by Crippen LogP contribution is 1.89. The zero-order valence-corrected chi connectivity index (χ0v) is 9.05. The predicted octanol–water partition coefficient (Wildman–Crippen LogP) is 2.71. The van der Waals surface area contributed by atoms with E-state index in [0.29, 0.717) is 6.54 Å². The summed E-state index contributed by atoms with van der Waals surface area (Å²) in [6.45, 7) is 11.9. The summed E-state index contributed by atoms with van der Waals surface area (Å²) < 4.78 is 4.80. The molecule has 0 saturated carbocycles. The van der Waals surface area contributed by atoms with Gasteiger partial charge in [0.1, 0.15) is 5.76 Å². The fourth-order valence-electron chi connectivity index (χ4n) is 0.351. The first kappa shape index (κ1) is 17.4. The van der Waals surface area contributed by atoms with E-state index in [9.17, 15) is 0 Å². The monoisotopic (exact) mass is 173 g/mol. The van der Waals surface area contributed by atoms with Crippen LogP contribution in [0, 0.1) is 0 Å². The molecule has 0 aromatic carbocycles. The summed E-state index contributed by atoms with van der Waals surface area (Å²) in [5, 5.41) is 0. The molecular formula is C10H23NO. The SMILES string of the molecule is C=C/C=C(/CN)OC.CC.CC. The second-order valence-electron chi connectivity index (χ2n) is 1.28. The van der Waals surface area contributed by atoms with Gasteiger partial charge < -0.3 is 10.5 Å². The van der Waals surface area contributed by atoms with Gasteiger partial charge in [0.25, 0.3) is 0 Å². The van der Waals surface area contributed by atoms with E-state index in [-0.39, 0.29) is 0 Å². The lowest BCUT2D eigenvalue weighted by Crippen LogP contribution is -2.03. The lowest BCUT2D eigenvalue weighted by atomic mass is 10.4. The largest absolute Gasteiger partial charge is 0.500 e. The van der Waals surface area contributed by atoms with Crippen LogP contribution in [0.3, 0.4) is 0 Å². The quantitative estimate of drug-likeness (QED) is 0.526. The molecule has 0 aliphatic heterocycles. The zero-order chi connectivity index (χ0) is 10.4. The average molecular weight is 173 g/mol. The van der Waals surface area contributed by atoms with Crippen LogP contribution in [-0.4, -0.2) is 13.7 Å². The molecule has 0 heterocycles. The Bertz CT molecular complexity index is 92.0. The molecule has 0 unspecified atom stereocenters. The Morgan fingerprint density at radius 1 is 1.33 bits per heavy atom. The van der Waals surface area contributed by atoms with Gasteiger partial charge in [-0.3, -0.25) is 0 Å². The number of allylic oxidation sites excluding steroid dienone is 2. The van der Waals surface area contributed by atoms with Gasteiger partial charge in [0.15, 0.2) is 0 Å². The van der Waals surface area contributed by atoms with Crippen LogP contribution >= 0.6 is 0 Å². The molecule has 0 aliphatic rings. The second-order valence-corrected chi connectivity index (χ2v) is 1.28. The van der Waals surface area contributed by atoms with Gasteiger partial charge in [-0.05, 0) is 6.08 Å². The number of ether oxygens (including phenoxy) is 1. The van der Waals surface area contributed by atoms with Gasteiger partial charge in [-0.2, -0.15) is 0 Å². The first-order valence-corrected chi connectivity index (χ1v) is 4.40. The molecule has 0 radical (unpaired) electrons. The van der Waals surface area contributed by atoms with E-state index in [0.717, 1.165) is 5.76 Å². The molecule has 12 heavy (non-hydrogen) atoms. The maximum absolute atomic E-state index is 5.23. The maximum Gasteiger partial charge on any atom is 0.109 e. The Morgan fingerprint density at radius 2 is 1.75 bits per heavy atom. The molecule has 0 bridgehead atoms. The van der Waals surface area contributed by atoms with E-state index >= 15 is 0 Å². The summed E-state index contributed by atoms with van der Waals surface area (Å²) in [7, 11) is 1.59. The molecule has 0 amide bonds. The van der Waals surface area contributed by atoms with Crippen molar-refractivity contribution in [2.24, 2.45) is 5.73 Å². The summed E-state index contributed by atoms with van der Waals surface area (Å²) in [6.07, 6.45) is 3.38. The molecule has 74 valence electrons. The molecule has 0 spiro atoms. The van der Waals surface area contributed by atoms with Crippen LogP contribution in [-0.2, 0) is 4.74 Å². The number of rotatable bonds is 3. The average Bonchev–Trinajstić information content (AvgIpc) is 2.20. The molecule has 0 fully saturated rings. The van der Waals surface area contributed by atoms with Gasteiger partial charge >= 0.3 is 0 Å². The lowest BCUT2D eigenvalue weighted by molar-refractivity contribution is 0.287. The molecule has 0 atom stereocenters. The van der Waals surface area contributed by atoms with Crippen molar-refractivity contribution in [3.05, 3.63) is 24.5 Å². The highest BCUT2D eigenvalue weighted by Gasteiger charge is 1.84. The van der Waals surface area contributed by atoms with Gasteiger partial charge in [-0.1, -0.05) is 40.3 Å². The topological polar surface area (TPSA) is 35.2 Å². The Labute approximate surface area is 77.1 Å². The zero-order valence-electron chi connectivity index (χ0n) is 9.05. The van der Waals surface area contributed by atoms with Crippen LogP contribution in [0.15, 0.2) is 24.5 Å². The molecule has 0 aliphatic carbocycles. The van der Waals surface area contributed by atoms with E-state index in [1.54, 1.807) is 19.3 Å².